The molecule has 2 N–H and O–H groups in total. The molecule has 16 heavy (non-hydrogen) atoms. The molecule has 2 rings (SSSR count). The smallest absolute Gasteiger partial charge is 0.233 e. The number of amides is 1. The van der Waals surface area contributed by atoms with Crippen LogP contribution >= 0.6 is 11.8 Å². The Bertz CT molecular complexity index is 320. The van der Waals surface area contributed by atoms with Crippen LogP contribution in [0, 0.1) is 0 Å². The first-order valence-corrected chi connectivity index (χ1v) is 6.45. The molecule has 0 spiro atoms. The first-order chi connectivity index (χ1) is 7.86. The van der Waals surface area contributed by atoms with Gasteiger partial charge >= 0.3 is 0 Å². The number of aromatic amines is 1. The molecule has 0 atom stereocenters. The van der Waals surface area contributed by atoms with Gasteiger partial charge in [-0.1, -0.05) is 11.8 Å². The average Bonchev–Trinajstić information content (AvgIpc) is 2.66. The van der Waals surface area contributed by atoms with Crippen molar-refractivity contribution in [1.29, 1.82) is 0 Å². The van der Waals surface area contributed by atoms with E-state index in [4.69, 9.17) is 0 Å². The predicted octanol–water partition coefficient (Wildman–Crippen LogP) is 0.324. The second-order valence-electron chi connectivity index (χ2n) is 3.67. The van der Waals surface area contributed by atoms with E-state index in [0.29, 0.717) is 5.75 Å². The second-order valence-corrected chi connectivity index (χ2v) is 4.63. The van der Waals surface area contributed by atoms with E-state index < -0.39 is 0 Å². The fraction of sp³-hybridized carbons (Fsp3) is 0.600. The van der Waals surface area contributed by atoms with Crippen LogP contribution in [0.25, 0.3) is 0 Å². The summed E-state index contributed by atoms with van der Waals surface area (Å²) in [6.45, 7) is 3.59. The van der Waals surface area contributed by atoms with E-state index >= 15 is 0 Å². The minimum atomic E-state index is 0.199. The molecule has 2 heterocycles. The van der Waals surface area contributed by atoms with Crippen molar-refractivity contribution in [2.24, 2.45) is 0 Å². The van der Waals surface area contributed by atoms with Gasteiger partial charge in [0.25, 0.3) is 0 Å². The third kappa shape index (κ3) is 3.24. The molecule has 0 radical (unpaired) electrons. The van der Waals surface area contributed by atoms with Gasteiger partial charge in [0.15, 0.2) is 5.16 Å². The van der Waals surface area contributed by atoms with Gasteiger partial charge in [0, 0.05) is 32.0 Å². The highest BCUT2D eigenvalue weighted by atomic mass is 32.2. The summed E-state index contributed by atoms with van der Waals surface area (Å²) >= 11 is 1.46. The largest absolute Gasteiger partial charge is 0.341 e. The van der Waals surface area contributed by atoms with Crippen LogP contribution in [0.1, 0.15) is 6.42 Å². The van der Waals surface area contributed by atoms with E-state index in [1.165, 1.54) is 11.8 Å². The van der Waals surface area contributed by atoms with E-state index in [1.54, 1.807) is 12.4 Å². The Morgan fingerprint density at radius 1 is 1.50 bits per heavy atom. The van der Waals surface area contributed by atoms with Crippen LogP contribution in [0.3, 0.4) is 0 Å². The van der Waals surface area contributed by atoms with Crippen molar-refractivity contribution in [2.45, 2.75) is 11.6 Å². The highest BCUT2D eigenvalue weighted by Crippen LogP contribution is 2.12. The van der Waals surface area contributed by atoms with Crippen molar-refractivity contribution >= 4 is 17.7 Å². The molecule has 1 aromatic heterocycles. The number of carbonyl (C=O) groups excluding carboxylic acids is 1. The summed E-state index contributed by atoms with van der Waals surface area (Å²) in [5, 5.41) is 4.09. The maximum Gasteiger partial charge on any atom is 0.233 e. The number of thioether (sulfide) groups is 1. The van der Waals surface area contributed by atoms with E-state index in [9.17, 15) is 4.79 Å². The molecule has 1 amide bonds. The zero-order valence-corrected chi connectivity index (χ0v) is 9.92. The maximum absolute atomic E-state index is 11.9. The first-order valence-electron chi connectivity index (χ1n) is 5.47. The summed E-state index contributed by atoms with van der Waals surface area (Å²) < 4.78 is 0. The molecular weight excluding hydrogens is 224 g/mol. The summed E-state index contributed by atoms with van der Waals surface area (Å²) in [5.41, 5.74) is 0. The number of rotatable bonds is 3. The molecule has 0 saturated carbocycles. The summed E-state index contributed by atoms with van der Waals surface area (Å²) in [6, 6.07) is 0. The van der Waals surface area contributed by atoms with E-state index in [1.807, 2.05) is 4.90 Å². The van der Waals surface area contributed by atoms with Gasteiger partial charge in [-0.05, 0) is 13.0 Å². The van der Waals surface area contributed by atoms with Gasteiger partial charge in [-0.2, -0.15) is 0 Å². The second kappa shape index (κ2) is 5.91. The van der Waals surface area contributed by atoms with Gasteiger partial charge in [-0.25, -0.2) is 4.98 Å². The number of aromatic nitrogens is 2. The fourth-order valence-corrected chi connectivity index (χ4v) is 2.38. The van der Waals surface area contributed by atoms with Crippen molar-refractivity contribution < 1.29 is 4.79 Å². The van der Waals surface area contributed by atoms with E-state index in [0.717, 1.165) is 37.8 Å². The lowest BCUT2D eigenvalue weighted by Gasteiger charge is -2.19. The van der Waals surface area contributed by atoms with Crippen LogP contribution in [0.2, 0.25) is 0 Å². The fourth-order valence-electron chi connectivity index (χ4n) is 1.65. The number of hydrogen-bond donors (Lipinski definition) is 2. The lowest BCUT2D eigenvalue weighted by atomic mass is 10.4. The summed E-state index contributed by atoms with van der Waals surface area (Å²) in [6.07, 6.45) is 4.50. The maximum atomic E-state index is 11.9. The Kier molecular flexibility index (Phi) is 4.24. The minimum Gasteiger partial charge on any atom is -0.341 e. The molecule has 1 saturated heterocycles. The van der Waals surface area contributed by atoms with Gasteiger partial charge in [-0.15, -0.1) is 0 Å². The Hall–Kier alpha value is -1.01. The van der Waals surface area contributed by atoms with Crippen LogP contribution in [0.5, 0.6) is 0 Å². The van der Waals surface area contributed by atoms with Crippen LogP contribution in [0.4, 0.5) is 0 Å². The lowest BCUT2D eigenvalue weighted by Crippen LogP contribution is -2.35. The van der Waals surface area contributed by atoms with Gasteiger partial charge in [0.05, 0.1) is 5.75 Å². The Balaban J connectivity index is 1.78. The van der Waals surface area contributed by atoms with Gasteiger partial charge in [0.2, 0.25) is 5.91 Å². The lowest BCUT2D eigenvalue weighted by molar-refractivity contribution is -0.128. The van der Waals surface area contributed by atoms with Crippen LogP contribution in [-0.4, -0.2) is 52.7 Å². The molecule has 1 aliphatic heterocycles. The molecule has 0 aliphatic carbocycles. The molecular formula is C10H16N4OS. The van der Waals surface area contributed by atoms with Crippen molar-refractivity contribution in [2.75, 3.05) is 31.9 Å². The molecule has 0 bridgehead atoms. The summed E-state index contributed by atoms with van der Waals surface area (Å²) in [4.78, 5) is 20.9. The normalized spacial score (nSPS) is 17.1. The standard InChI is InChI=1S/C10H16N4OS/c15-9(8-16-10-12-3-4-13-10)14-6-1-2-11-5-7-14/h3-4,11H,1-2,5-8H2,(H,12,13). The number of nitrogens with zero attached hydrogens (tertiary/aromatic N) is 2. The molecule has 0 unspecified atom stereocenters. The number of imidazole rings is 1. The van der Waals surface area contributed by atoms with Crippen molar-refractivity contribution in [3.8, 4) is 0 Å². The van der Waals surface area contributed by atoms with Crippen LogP contribution in [0.15, 0.2) is 17.6 Å². The summed E-state index contributed by atoms with van der Waals surface area (Å²) in [5.74, 6) is 0.665. The molecule has 6 heteroatoms. The molecule has 1 aliphatic rings. The zero-order valence-electron chi connectivity index (χ0n) is 9.11. The third-order valence-electron chi connectivity index (χ3n) is 2.50. The first kappa shape index (κ1) is 11.5. The zero-order chi connectivity index (χ0) is 11.2. The van der Waals surface area contributed by atoms with E-state index in [2.05, 4.69) is 15.3 Å². The minimum absolute atomic E-state index is 0.199. The van der Waals surface area contributed by atoms with Crippen molar-refractivity contribution in [3.05, 3.63) is 12.4 Å². The number of hydrogen-bond acceptors (Lipinski definition) is 4. The average molecular weight is 240 g/mol. The monoisotopic (exact) mass is 240 g/mol. The Morgan fingerprint density at radius 2 is 2.44 bits per heavy atom. The molecule has 1 fully saturated rings. The molecule has 88 valence electrons. The topological polar surface area (TPSA) is 61.0 Å². The third-order valence-corrected chi connectivity index (χ3v) is 3.39. The number of carbonyl (C=O) groups is 1. The Morgan fingerprint density at radius 3 is 3.25 bits per heavy atom. The van der Waals surface area contributed by atoms with E-state index in [-0.39, 0.29) is 5.91 Å². The van der Waals surface area contributed by atoms with Crippen molar-refractivity contribution in [3.63, 3.8) is 0 Å². The van der Waals surface area contributed by atoms with Crippen molar-refractivity contribution in [1.82, 2.24) is 20.2 Å². The Labute approximate surface area is 99.0 Å². The number of H-pyrrole nitrogens is 1. The van der Waals surface area contributed by atoms with Gasteiger partial charge in [0.1, 0.15) is 0 Å². The van der Waals surface area contributed by atoms with Gasteiger partial charge < -0.3 is 15.2 Å². The van der Waals surface area contributed by atoms with Crippen LogP contribution in [-0.2, 0) is 4.79 Å². The summed E-state index contributed by atoms with van der Waals surface area (Å²) in [7, 11) is 0. The highest BCUT2D eigenvalue weighted by molar-refractivity contribution is 7.99. The molecule has 0 aromatic carbocycles. The molecule has 5 nitrogen and oxygen atoms in total. The quantitative estimate of drug-likeness (QED) is 0.747. The predicted molar refractivity (Wildman–Crippen MR) is 63.4 cm³/mol. The highest BCUT2D eigenvalue weighted by Gasteiger charge is 2.15. The molecule has 1 aromatic rings. The number of nitrogens with one attached hydrogen (secondary N) is 2. The van der Waals surface area contributed by atoms with Crippen LogP contribution < -0.4 is 5.32 Å². The SMILES string of the molecule is O=C(CSc1ncc[nH]1)N1CCCNCC1. The van der Waals surface area contributed by atoms with Gasteiger partial charge in [-0.3, -0.25) is 4.79 Å².